The normalized spacial score (nSPS) is 12.8. The average Bonchev–Trinajstić information content (AvgIpc) is 2.67. The molecule has 16 heavy (non-hydrogen) atoms. The number of hydrogen-bond acceptors (Lipinski definition) is 2. The molecule has 0 radical (unpaired) electrons. The lowest BCUT2D eigenvalue weighted by Crippen LogP contribution is -2.12. The van der Waals surface area contributed by atoms with Gasteiger partial charge in [-0.1, -0.05) is 22.0 Å². The molecule has 0 saturated carbocycles. The lowest BCUT2D eigenvalue weighted by molar-refractivity contribution is 0.873. The summed E-state index contributed by atoms with van der Waals surface area (Å²) in [5, 5.41) is 2.10. The largest absolute Gasteiger partial charge is 0.320 e. The Morgan fingerprint density at radius 1 is 1.19 bits per heavy atom. The van der Waals surface area contributed by atoms with Crippen LogP contribution in [0.25, 0.3) is 0 Å². The maximum Gasteiger partial charge on any atom is 0.0651 e. The molecule has 0 spiro atoms. The fourth-order valence-electron chi connectivity index (χ4n) is 1.79. The summed E-state index contributed by atoms with van der Waals surface area (Å²) in [5.74, 6) is 0. The number of hydrogen-bond donors (Lipinski definition) is 1. The van der Waals surface area contributed by atoms with Crippen LogP contribution in [0.3, 0.4) is 0 Å². The molecular formula is C13H14BrNS. The second-order valence-electron chi connectivity index (χ2n) is 3.95. The van der Waals surface area contributed by atoms with Gasteiger partial charge < -0.3 is 5.73 Å². The van der Waals surface area contributed by atoms with Crippen LogP contribution in [0.4, 0.5) is 0 Å². The molecule has 0 fully saturated rings. The molecule has 1 atom stereocenters. The van der Waals surface area contributed by atoms with E-state index < -0.39 is 0 Å². The summed E-state index contributed by atoms with van der Waals surface area (Å²) in [7, 11) is 0. The van der Waals surface area contributed by atoms with Crippen LogP contribution in [0.5, 0.6) is 0 Å². The van der Waals surface area contributed by atoms with Gasteiger partial charge in [0.25, 0.3) is 0 Å². The number of thiophene rings is 1. The number of rotatable bonds is 2. The zero-order valence-corrected chi connectivity index (χ0v) is 11.7. The Hall–Kier alpha value is -0.640. The molecule has 0 aliphatic rings. The summed E-state index contributed by atoms with van der Waals surface area (Å²) in [6.45, 7) is 4.21. The molecule has 2 rings (SSSR count). The van der Waals surface area contributed by atoms with Crippen LogP contribution in [0, 0.1) is 13.8 Å². The minimum atomic E-state index is -0.0162. The van der Waals surface area contributed by atoms with E-state index in [1.807, 2.05) is 6.07 Å². The zero-order chi connectivity index (χ0) is 11.7. The quantitative estimate of drug-likeness (QED) is 0.884. The van der Waals surface area contributed by atoms with Gasteiger partial charge in [0, 0.05) is 9.35 Å². The van der Waals surface area contributed by atoms with Crippen molar-refractivity contribution in [2.75, 3.05) is 0 Å². The molecule has 0 aliphatic heterocycles. The highest BCUT2D eigenvalue weighted by Crippen LogP contribution is 2.30. The number of nitrogens with two attached hydrogens (primary N) is 1. The van der Waals surface area contributed by atoms with Crippen molar-refractivity contribution >= 4 is 27.3 Å². The molecule has 2 aromatic rings. The second-order valence-corrected chi connectivity index (χ2v) is 5.81. The highest BCUT2D eigenvalue weighted by Gasteiger charge is 2.14. The average molecular weight is 296 g/mol. The molecule has 84 valence electrons. The Kier molecular flexibility index (Phi) is 3.47. The van der Waals surface area contributed by atoms with E-state index in [0.29, 0.717) is 0 Å². The van der Waals surface area contributed by atoms with Crippen LogP contribution in [-0.4, -0.2) is 0 Å². The topological polar surface area (TPSA) is 26.0 Å². The van der Waals surface area contributed by atoms with Gasteiger partial charge >= 0.3 is 0 Å². The van der Waals surface area contributed by atoms with Gasteiger partial charge in [0.2, 0.25) is 0 Å². The van der Waals surface area contributed by atoms with Gasteiger partial charge in [-0.05, 0) is 54.1 Å². The Bertz CT molecular complexity index is 504. The van der Waals surface area contributed by atoms with Crippen LogP contribution in [0.15, 0.2) is 34.1 Å². The first kappa shape index (κ1) is 11.8. The van der Waals surface area contributed by atoms with Crippen molar-refractivity contribution in [3.63, 3.8) is 0 Å². The first-order chi connectivity index (χ1) is 7.59. The Morgan fingerprint density at radius 3 is 2.56 bits per heavy atom. The number of halogens is 1. The zero-order valence-electron chi connectivity index (χ0n) is 9.33. The molecule has 0 amide bonds. The van der Waals surface area contributed by atoms with Crippen molar-refractivity contribution in [1.82, 2.24) is 0 Å². The van der Waals surface area contributed by atoms with E-state index in [4.69, 9.17) is 5.73 Å². The van der Waals surface area contributed by atoms with Crippen molar-refractivity contribution in [3.8, 4) is 0 Å². The first-order valence-electron chi connectivity index (χ1n) is 5.15. The first-order valence-corrected chi connectivity index (χ1v) is 6.82. The third-order valence-electron chi connectivity index (χ3n) is 2.76. The Morgan fingerprint density at radius 2 is 1.94 bits per heavy atom. The smallest absolute Gasteiger partial charge is 0.0651 e. The van der Waals surface area contributed by atoms with Crippen LogP contribution >= 0.6 is 27.3 Å². The van der Waals surface area contributed by atoms with Crippen LogP contribution < -0.4 is 5.73 Å². The summed E-state index contributed by atoms with van der Waals surface area (Å²) in [6, 6.07) is 8.36. The minimum Gasteiger partial charge on any atom is -0.320 e. The fraction of sp³-hybridized carbons (Fsp3) is 0.231. The monoisotopic (exact) mass is 295 g/mol. The van der Waals surface area contributed by atoms with Crippen molar-refractivity contribution in [3.05, 3.63) is 55.7 Å². The highest BCUT2D eigenvalue weighted by molar-refractivity contribution is 9.10. The van der Waals surface area contributed by atoms with Gasteiger partial charge in [-0.15, -0.1) is 11.3 Å². The Balaban J connectivity index is 2.45. The van der Waals surface area contributed by atoms with Gasteiger partial charge in [0.05, 0.1) is 6.04 Å². The molecule has 1 aromatic carbocycles. The summed E-state index contributed by atoms with van der Waals surface area (Å²) >= 11 is 5.22. The predicted molar refractivity (Wildman–Crippen MR) is 74.0 cm³/mol. The van der Waals surface area contributed by atoms with E-state index in [2.05, 4.69) is 53.4 Å². The molecule has 0 bridgehead atoms. The lowest BCUT2D eigenvalue weighted by Gasteiger charge is -2.15. The molecule has 0 aliphatic carbocycles. The van der Waals surface area contributed by atoms with Crippen LogP contribution in [-0.2, 0) is 0 Å². The SMILES string of the molecule is Cc1ccc(Br)cc1C(N)c1sccc1C. The molecule has 1 unspecified atom stereocenters. The third kappa shape index (κ3) is 2.21. The van der Waals surface area contributed by atoms with Gasteiger partial charge in [-0.2, -0.15) is 0 Å². The molecule has 0 saturated heterocycles. The second kappa shape index (κ2) is 4.70. The van der Waals surface area contributed by atoms with Crippen molar-refractivity contribution < 1.29 is 0 Å². The molecule has 1 nitrogen and oxygen atoms in total. The molecule has 1 aromatic heterocycles. The standard InChI is InChI=1S/C13H14BrNS/c1-8-3-4-10(14)7-11(8)12(15)13-9(2)5-6-16-13/h3-7,12H,15H2,1-2H3. The summed E-state index contributed by atoms with van der Waals surface area (Å²) in [4.78, 5) is 1.25. The molecule has 2 N–H and O–H groups in total. The van der Waals surface area contributed by atoms with E-state index in [0.717, 1.165) is 4.47 Å². The number of aryl methyl sites for hydroxylation is 2. The van der Waals surface area contributed by atoms with E-state index in [-0.39, 0.29) is 6.04 Å². The molecule has 3 heteroatoms. The fourth-order valence-corrected chi connectivity index (χ4v) is 3.12. The predicted octanol–water partition coefficient (Wildman–Crippen LogP) is 4.18. The van der Waals surface area contributed by atoms with Crippen molar-refractivity contribution in [1.29, 1.82) is 0 Å². The molecule has 1 heterocycles. The van der Waals surface area contributed by atoms with Crippen molar-refractivity contribution in [2.45, 2.75) is 19.9 Å². The highest BCUT2D eigenvalue weighted by atomic mass is 79.9. The lowest BCUT2D eigenvalue weighted by atomic mass is 9.99. The Labute approximate surface area is 108 Å². The van der Waals surface area contributed by atoms with Crippen molar-refractivity contribution in [2.24, 2.45) is 5.73 Å². The van der Waals surface area contributed by atoms with E-state index in [1.165, 1.54) is 21.6 Å². The van der Waals surface area contributed by atoms with Gasteiger partial charge in [0.1, 0.15) is 0 Å². The van der Waals surface area contributed by atoms with Crippen LogP contribution in [0.1, 0.15) is 27.6 Å². The van der Waals surface area contributed by atoms with Crippen LogP contribution in [0.2, 0.25) is 0 Å². The van der Waals surface area contributed by atoms with E-state index >= 15 is 0 Å². The number of benzene rings is 1. The summed E-state index contributed by atoms with van der Waals surface area (Å²) in [6.07, 6.45) is 0. The summed E-state index contributed by atoms with van der Waals surface area (Å²) < 4.78 is 1.08. The maximum absolute atomic E-state index is 6.32. The maximum atomic E-state index is 6.32. The van der Waals surface area contributed by atoms with Gasteiger partial charge in [-0.25, -0.2) is 0 Å². The van der Waals surface area contributed by atoms with E-state index in [1.54, 1.807) is 11.3 Å². The third-order valence-corrected chi connectivity index (χ3v) is 4.36. The molecular weight excluding hydrogens is 282 g/mol. The van der Waals surface area contributed by atoms with Gasteiger partial charge in [-0.3, -0.25) is 0 Å². The summed E-state index contributed by atoms with van der Waals surface area (Å²) in [5.41, 5.74) is 10.0. The van der Waals surface area contributed by atoms with E-state index in [9.17, 15) is 0 Å². The van der Waals surface area contributed by atoms with Gasteiger partial charge in [0.15, 0.2) is 0 Å². The minimum absolute atomic E-state index is 0.0162.